The van der Waals surface area contributed by atoms with Crippen molar-refractivity contribution in [1.29, 1.82) is 0 Å². The van der Waals surface area contributed by atoms with Gasteiger partial charge in [-0.15, -0.1) is 0 Å². The number of benzene rings is 1. The van der Waals surface area contributed by atoms with Crippen molar-refractivity contribution in [3.63, 3.8) is 0 Å². The van der Waals surface area contributed by atoms with Gasteiger partial charge in [0, 0.05) is 12.4 Å². The molecule has 0 aliphatic heterocycles. The Kier molecular flexibility index (Phi) is 7.54. The van der Waals surface area contributed by atoms with Gasteiger partial charge in [-0.2, -0.15) is 0 Å². The summed E-state index contributed by atoms with van der Waals surface area (Å²) in [5, 5.41) is 12.8. The van der Waals surface area contributed by atoms with Crippen LogP contribution in [0, 0.1) is 56.7 Å². The molecule has 1 aromatic heterocycles. The van der Waals surface area contributed by atoms with Crippen LogP contribution in [0.3, 0.4) is 0 Å². The lowest BCUT2D eigenvalue weighted by molar-refractivity contribution is -0.225. The Labute approximate surface area is 281 Å². The molecule has 0 bridgehead atoms. The number of amides is 1. The number of H-pyrrole nitrogens is 1. The molecule has 0 saturated heterocycles. The minimum absolute atomic E-state index is 0.0128. The van der Waals surface area contributed by atoms with Crippen LogP contribution in [0.5, 0.6) is 0 Å². The molecule has 5 aliphatic carbocycles. The molecule has 6 nitrogen and oxygen atoms in total. The van der Waals surface area contributed by atoms with Gasteiger partial charge in [0.15, 0.2) is 0 Å². The van der Waals surface area contributed by atoms with Crippen molar-refractivity contribution in [1.82, 2.24) is 15.3 Å². The Hall–Kier alpha value is -3.15. The summed E-state index contributed by atoms with van der Waals surface area (Å²) in [6, 6.07) is 7.53. The maximum Gasteiger partial charge on any atom is 0.335 e. The van der Waals surface area contributed by atoms with Crippen LogP contribution >= 0.6 is 0 Å². The molecule has 4 fully saturated rings. The fourth-order valence-corrected chi connectivity index (χ4v) is 13.2. The number of carboxylic acid groups (broad SMARTS) is 1. The molecular formula is C41H55N3O3. The van der Waals surface area contributed by atoms with Gasteiger partial charge in [0.1, 0.15) is 5.82 Å². The van der Waals surface area contributed by atoms with Gasteiger partial charge in [-0.05, 0) is 139 Å². The molecule has 9 atom stereocenters. The summed E-state index contributed by atoms with van der Waals surface area (Å²) in [6.07, 6.45) is 16.1. The number of fused-ring (bicyclic) bond motifs is 7. The zero-order valence-electron chi connectivity index (χ0n) is 29.4. The number of rotatable bonds is 6. The van der Waals surface area contributed by atoms with Crippen LogP contribution in [0.25, 0.3) is 5.57 Å². The first-order chi connectivity index (χ1) is 22.2. The first kappa shape index (κ1) is 32.4. The van der Waals surface area contributed by atoms with Gasteiger partial charge in [-0.3, -0.25) is 4.79 Å². The minimum Gasteiger partial charge on any atom is -0.478 e. The predicted molar refractivity (Wildman–Crippen MR) is 186 cm³/mol. The largest absolute Gasteiger partial charge is 0.478 e. The summed E-state index contributed by atoms with van der Waals surface area (Å²) in [6.45, 7) is 19.9. The van der Waals surface area contributed by atoms with E-state index in [1.807, 2.05) is 18.3 Å². The highest BCUT2D eigenvalue weighted by atomic mass is 16.4. The number of imidazole rings is 1. The maximum absolute atomic E-state index is 14.3. The molecule has 0 spiro atoms. The number of aromatic carboxylic acids is 1. The van der Waals surface area contributed by atoms with Gasteiger partial charge < -0.3 is 15.4 Å². The fraction of sp³-hybridized carbons (Fsp3) is 0.634. The summed E-state index contributed by atoms with van der Waals surface area (Å²) in [5.74, 6) is 2.57. The summed E-state index contributed by atoms with van der Waals surface area (Å²) in [7, 11) is 0. The summed E-state index contributed by atoms with van der Waals surface area (Å²) < 4.78 is 0. The molecule has 47 heavy (non-hydrogen) atoms. The molecule has 1 amide bonds. The SMILES string of the molecule is C=C(C)C1CCC2(C(=O)NCc3ncc[nH]3)CCC3(C)C(CCC4C5(C)CC=C(c6ccc(C(=O)O)cc6)C(C)(C)C5CCC43C)C12. The van der Waals surface area contributed by atoms with Gasteiger partial charge in [0.2, 0.25) is 5.91 Å². The van der Waals surface area contributed by atoms with Crippen molar-refractivity contribution in [3.05, 3.63) is 71.8 Å². The van der Waals surface area contributed by atoms with Crippen LogP contribution in [-0.2, 0) is 11.3 Å². The monoisotopic (exact) mass is 637 g/mol. The van der Waals surface area contributed by atoms with Gasteiger partial charge in [0.05, 0.1) is 17.5 Å². The average molecular weight is 638 g/mol. The van der Waals surface area contributed by atoms with Crippen LogP contribution < -0.4 is 5.32 Å². The molecule has 0 radical (unpaired) electrons. The Morgan fingerprint density at radius 1 is 0.957 bits per heavy atom. The minimum atomic E-state index is -0.877. The summed E-state index contributed by atoms with van der Waals surface area (Å²) >= 11 is 0. The second-order valence-electron chi connectivity index (χ2n) is 17.5. The van der Waals surface area contributed by atoms with E-state index in [-0.39, 0.29) is 33.0 Å². The van der Waals surface area contributed by atoms with E-state index in [4.69, 9.17) is 0 Å². The van der Waals surface area contributed by atoms with Gasteiger partial charge in [0.25, 0.3) is 0 Å². The summed E-state index contributed by atoms with van der Waals surface area (Å²) in [5.41, 5.74) is 4.34. The molecule has 1 heterocycles. The lowest BCUT2D eigenvalue weighted by Gasteiger charge is -2.72. The molecule has 7 rings (SSSR count). The molecule has 9 unspecified atom stereocenters. The lowest BCUT2D eigenvalue weighted by Crippen LogP contribution is -2.66. The van der Waals surface area contributed by atoms with E-state index in [0.29, 0.717) is 41.7 Å². The highest BCUT2D eigenvalue weighted by Gasteiger charge is 2.71. The fourth-order valence-electron chi connectivity index (χ4n) is 13.2. The number of nitrogens with one attached hydrogen (secondary N) is 2. The Bertz CT molecular complexity index is 1610. The molecule has 6 heteroatoms. The second-order valence-corrected chi connectivity index (χ2v) is 17.5. The third-order valence-electron chi connectivity index (χ3n) is 15.5. The van der Waals surface area contributed by atoms with Crippen LogP contribution in [0.1, 0.15) is 121 Å². The van der Waals surface area contributed by atoms with Crippen LogP contribution in [0.15, 0.2) is 54.9 Å². The van der Waals surface area contributed by atoms with E-state index in [2.05, 4.69) is 69.5 Å². The van der Waals surface area contributed by atoms with Gasteiger partial charge in [-0.25, -0.2) is 9.78 Å². The standard InChI is InChI=1S/C41H55N3O3/c1-25(2)28-14-19-41(36(47)44-24-33-42-22-23-43-33)21-20-39(6)30(34(28)41)12-13-32-38(5)17-15-29(26-8-10-27(11-9-26)35(45)46)37(3,4)31(38)16-18-40(32,39)7/h8-11,15,22-23,28,30-32,34H,1,12-14,16-21,24H2,2-7H3,(H,42,43)(H,44,47)(H,45,46). The average Bonchev–Trinajstić information content (AvgIpc) is 3.69. The quantitative estimate of drug-likeness (QED) is 0.275. The van der Waals surface area contributed by atoms with E-state index in [0.717, 1.165) is 43.5 Å². The van der Waals surface area contributed by atoms with Crippen molar-refractivity contribution < 1.29 is 14.7 Å². The van der Waals surface area contributed by atoms with Crippen molar-refractivity contribution in [2.45, 2.75) is 106 Å². The zero-order valence-corrected chi connectivity index (χ0v) is 29.4. The van der Waals surface area contributed by atoms with E-state index in [1.165, 1.54) is 36.8 Å². The molecule has 4 saturated carbocycles. The highest BCUT2D eigenvalue weighted by molar-refractivity contribution is 5.88. The topological polar surface area (TPSA) is 95.1 Å². The van der Waals surface area contributed by atoms with E-state index < -0.39 is 5.97 Å². The maximum atomic E-state index is 14.3. The smallest absolute Gasteiger partial charge is 0.335 e. The van der Waals surface area contributed by atoms with Crippen LogP contribution in [-0.4, -0.2) is 27.0 Å². The van der Waals surface area contributed by atoms with Crippen molar-refractivity contribution in [2.75, 3.05) is 0 Å². The van der Waals surface area contributed by atoms with Crippen molar-refractivity contribution >= 4 is 17.4 Å². The molecule has 5 aliphatic rings. The molecule has 252 valence electrons. The Morgan fingerprint density at radius 2 is 1.70 bits per heavy atom. The molecule has 3 N–H and O–H groups in total. The number of aromatic amines is 1. The number of carbonyl (C=O) groups is 2. The first-order valence-corrected chi connectivity index (χ1v) is 18.2. The van der Waals surface area contributed by atoms with E-state index in [1.54, 1.807) is 18.3 Å². The highest BCUT2D eigenvalue weighted by Crippen LogP contribution is 2.77. The van der Waals surface area contributed by atoms with Crippen molar-refractivity contribution in [2.24, 2.45) is 56.7 Å². The lowest BCUT2D eigenvalue weighted by atomic mass is 9.32. The van der Waals surface area contributed by atoms with Crippen molar-refractivity contribution in [3.8, 4) is 0 Å². The predicted octanol–water partition coefficient (Wildman–Crippen LogP) is 9.08. The number of carbonyl (C=O) groups excluding carboxylic acids is 1. The molecule has 2 aromatic rings. The Balaban J connectivity index is 1.21. The Morgan fingerprint density at radius 3 is 2.36 bits per heavy atom. The first-order valence-electron chi connectivity index (χ1n) is 18.2. The number of nitrogens with zero attached hydrogens (tertiary/aromatic N) is 1. The van der Waals surface area contributed by atoms with Gasteiger partial charge in [-0.1, -0.05) is 65.0 Å². The zero-order chi connectivity index (χ0) is 33.6. The van der Waals surface area contributed by atoms with Gasteiger partial charge >= 0.3 is 5.97 Å². The normalized spacial score (nSPS) is 40.2. The number of hydrogen-bond acceptors (Lipinski definition) is 3. The molecular weight excluding hydrogens is 582 g/mol. The third-order valence-corrected chi connectivity index (χ3v) is 15.5. The number of carboxylic acids is 1. The third kappa shape index (κ3) is 4.51. The van der Waals surface area contributed by atoms with E-state index >= 15 is 0 Å². The number of hydrogen-bond donors (Lipinski definition) is 3. The number of aromatic nitrogens is 2. The molecule has 1 aromatic carbocycles. The summed E-state index contributed by atoms with van der Waals surface area (Å²) in [4.78, 5) is 33.3. The van der Waals surface area contributed by atoms with Crippen LogP contribution in [0.4, 0.5) is 0 Å². The second kappa shape index (κ2) is 10.9. The number of allylic oxidation sites excluding steroid dienone is 3. The van der Waals surface area contributed by atoms with E-state index in [9.17, 15) is 14.7 Å². The van der Waals surface area contributed by atoms with Crippen LogP contribution in [0.2, 0.25) is 0 Å².